The van der Waals surface area contributed by atoms with Crippen LogP contribution in [0.1, 0.15) is 25.7 Å². The zero-order valence-corrected chi connectivity index (χ0v) is 16.1. The number of hydrogen-bond donors (Lipinski definition) is 1. The number of amides is 4. The lowest BCUT2D eigenvalue weighted by atomic mass is 9.93. The van der Waals surface area contributed by atoms with E-state index in [0.29, 0.717) is 11.6 Å². The summed E-state index contributed by atoms with van der Waals surface area (Å²) in [5, 5.41) is 2.65. The number of carbonyl (C=O) groups is 3. The maximum absolute atomic E-state index is 12.6. The summed E-state index contributed by atoms with van der Waals surface area (Å²) in [6, 6.07) is 7.54. The highest BCUT2D eigenvalue weighted by Gasteiger charge is 2.40. The van der Waals surface area contributed by atoms with Crippen LogP contribution in [0.15, 0.2) is 30.3 Å². The summed E-state index contributed by atoms with van der Waals surface area (Å²) in [6.45, 7) is 2.53. The van der Waals surface area contributed by atoms with Crippen LogP contribution in [0, 0.1) is 5.92 Å². The second kappa shape index (κ2) is 8.52. The first-order chi connectivity index (χ1) is 13.0. The predicted octanol–water partition coefficient (Wildman–Crippen LogP) is 1.69. The zero-order valence-electron chi connectivity index (χ0n) is 16.1. The molecule has 0 radical (unpaired) electrons. The lowest BCUT2D eigenvalue weighted by Crippen LogP contribution is -2.43. The van der Waals surface area contributed by atoms with Crippen molar-refractivity contribution in [2.45, 2.75) is 31.7 Å². The molecular formula is C20H28N4O3. The Bertz CT molecular complexity index is 684. The summed E-state index contributed by atoms with van der Waals surface area (Å²) in [5.41, 5.74) is 0.525. The van der Waals surface area contributed by atoms with Crippen molar-refractivity contribution >= 4 is 23.5 Å². The highest BCUT2D eigenvalue weighted by Crippen LogP contribution is 2.23. The van der Waals surface area contributed by atoms with Gasteiger partial charge in [-0.3, -0.25) is 9.59 Å². The van der Waals surface area contributed by atoms with Gasteiger partial charge in [-0.2, -0.15) is 0 Å². The molecule has 1 aromatic carbocycles. The smallest absolute Gasteiger partial charge is 0.329 e. The van der Waals surface area contributed by atoms with E-state index in [2.05, 4.69) is 24.3 Å². The Kier molecular flexibility index (Phi) is 6.11. The average molecular weight is 372 g/mol. The second-order valence-corrected chi connectivity index (χ2v) is 7.63. The molecule has 7 heteroatoms. The molecule has 2 fully saturated rings. The molecule has 1 unspecified atom stereocenters. The van der Waals surface area contributed by atoms with Crippen LogP contribution in [0.4, 0.5) is 10.5 Å². The van der Waals surface area contributed by atoms with Crippen molar-refractivity contribution in [2.24, 2.45) is 5.92 Å². The fourth-order valence-electron chi connectivity index (χ4n) is 3.71. The van der Waals surface area contributed by atoms with Gasteiger partial charge in [0, 0.05) is 13.1 Å². The minimum atomic E-state index is -0.781. The molecule has 3 rings (SSSR count). The molecule has 2 heterocycles. The van der Waals surface area contributed by atoms with Crippen LogP contribution in [0.3, 0.4) is 0 Å². The van der Waals surface area contributed by atoms with Gasteiger partial charge in [0.1, 0.15) is 6.04 Å². The minimum absolute atomic E-state index is 0.0241. The summed E-state index contributed by atoms with van der Waals surface area (Å²) >= 11 is 0. The Morgan fingerprint density at radius 3 is 2.44 bits per heavy atom. The van der Waals surface area contributed by atoms with Crippen LogP contribution >= 0.6 is 0 Å². The van der Waals surface area contributed by atoms with Crippen molar-refractivity contribution in [3.8, 4) is 0 Å². The molecular weight excluding hydrogens is 344 g/mol. The molecule has 146 valence electrons. The van der Waals surface area contributed by atoms with E-state index in [1.165, 1.54) is 0 Å². The lowest BCUT2D eigenvalue weighted by Gasteiger charge is -2.33. The molecule has 0 bridgehead atoms. The number of hydrogen-bond acceptors (Lipinski definition) is 4. The molecule has 0 spiro atoms. The van der Waals surface area contributed by atoms with Crippen LogP contribution in [0.25, 0.3) is 0 Å². The maximum Gasteiger partial charge on any atom is 0.329 e. The van der Waals surface area contributed by atoms with E-state index in [0.717, 1.165) is 43.8 Å². The van der Waals surface area contributed by atoms with Gasteiger partial charge in [0.15, 0.2) is 0 Å². The van der Waals surface area contributed by atoms with Gasteiger partial charge in [0.05, 0.1) is 12.1 Å². The summed E-state index contributed by atoms with van der Waals surface area (Å²) in [7, 11) is 4.15. The molecule has 1 atom stereocenters. The van der Waals surface area contributed by atoms with Crippen LogP contribution in [0.2, 0.25) is 0 Å². The van der Waals surface area contributed by atoms with E-state index in [-0.39, 0.29) is 18.2 Å². The molecule has 2 aliphatic heterocycles. The van der Waals surface area contributed by atoms with Crippen molar-refractivity contribution in [3.05, 3.63) is 30.3 Å². The Hall–Kier alpha value is -2.41. The molecule has 1 aromatic rings. The minimum Gasteiger partial charge on any atom is -0.343 e. The Balaban J connectivity index is 1.52. The summed E-state index contributed by atoms with van der Waals surface area (Å²) in [6.07, 6.45) is 3.18. The second-order valence-electron chi connectivity index (χ2n) is 7.63. The van der Waals surface area contributed by atoms with Crippen LogP contribution < -0.4 is 10.2 Å². The number of carbonyl (C=O) groups excluding carboxylic acids is 3. The molecule has 0 aliphatic carbocycles. The third-order valence-electron chi connectivity index (χ3n) is 5.36. The van der Waals surface area contributed by atoms with E-state index in [9.17, 15) is 14.4 Å². The van der Waals surface area contributed by atoms with Gasteiger partial charge in [-0.05, 0) is 58.0 Å². The van der Waals surface area contributed by atoms with E-state index < -0.39 is 12.1 Å². The van der Waals surface area contributed by atoms with Gasteiger partial charge in [-0.15, -0.1) is 0 Å². The van der Waals surface area contributed by atoms with Crippen LogP contribution in [-0.2, 0) is 9.59 Å². The standard InChI is InChI=1S/C20H28N4O3/c1-22(2)11-8-15-9-12-23(13-10-15)18(25)14-17-19(26)24(20(27)21-17)16-6-4-3-5-7-16/h3-7,15,17H,8-14H2,1-2H3,(H,21,27). The van der Waals surface area contributed by atoms with Crippen LogP contribution in [-0.4, -0.2) is 67.4 Å². The Morgan fingerprint density at radius 1 is 1.15 bits per heavy atom. The van der Waals surface area contributed by atoms with Crippen molar-refractivity contribution < 1.29 is 14.4 Å². The number of piperidine rings is 1. The lowest BCUT2D eigenvalue weighted by molar-refractivity contribution is -0.134. The van der Waals surface area contributed by atoms with E-state index >= 15 is 0 Å². The van der Waals surface area contributed by atoms with Crippen molar-refractivity contribution in [3.63, 3.8) is 0 Å². The molecule has 2 saturated heterocycles. The molecule has 27 heavy (non-hydrogen) atoms. The number of imide groups is 1. The molecule has 1 N–H and O–H groups in total. The number of rotatable bonds is 6. The largest absolute Gasteiger partial charge is 0.343 e. The van der Waals surface area contributed by atoms with Crippen molar-refractivity contribution in [1.82, 2.24) is 15.1 Å². The van der Waals surface area contributed by atoms with E-state index in [4.69, 9.17) is 0 Å². The maximum atomic E-state index is 12.6. The number of para-hydroxylation sites is 1. The van der Waals surface area contributed by atoms with Crippen molar-refractivity contribution in [2.75, 3.05) is 38.6 Å². The highest BCUT2D eigenvalue weighted by molar-refractivity contribution is 6.22. The molecule has 4 amide bonds. The number of likely N-dealkylation sites (tertiary alicyclic amines) is 1. The quantitative estimate of drug-likeness (QED) is 0.772. The van der Waals surface area contributed by atoms with E-state index in [1.54, 1.807) is 24.3 Å². The number of anilines is 1. The summed E-state index contributed by atoms with van der Waals surface area (Å²) in [5.74, 6) is 0.230. The van der Waals surface area contributed by atoms with Gasteiger partial charge in [0.2, 0.25) is 5.91 Å². The molecule has 2 aliphatic rings. The van der Waals surface area contributed by atoms with Crippen molar-refractivity contribution in [1.29, 1.82) is 0 Å². The first kappa shape index (κ1) is 19.4. The number of urea groups is 1. The summed E-state index contributed by atoms with van der Waals surface area (Å²) < 4.78 is 0. The molecule has 0 aromatic heterocycles. The SMILES string of the molecule is CN(C)CCC1CCN(C(=O)CC2NC(=O)N(c3ccccc3)C2=O)CC1. The monoisotopic (exact) mass is 372 g/mol. The Morgan fingerprint density at radius 2 is 1.81 bits per heavy atom. The normalized spacial score (nSPS) is 21.1. The van der Waals surface area contributed by atoms with E-state index in [1.807, 2.05) is 11.0 Å². The van der Waals surface area contributed by atoms with Gasteiger partial charge < -0.3 is 15.1 Å². The third-order valence-corrected chi connectivity index (χ3v) is 5.36. The fraction of sp³-hybridized carbons (Fsp3) is 0.550. The average Bonchev–Trinajstić information content (AvgIpc) is 2.94. The van der Waals surface area contributed by atoms with Gasteiger partial charge in [-0.1, -0.05) is 18.2 Å². The third kappa shape index (κ3) is 4.66. The van der Waals surface area contributed by atoms with Gasteiger partial charge >= 0.3 is 6.03 Å². The first-order valence-electron chi connectivity index (χ1n) is 9.57. The topological polar surface area (TPSA) is 73.0 Å². The summed E-state index contributed by atoms with van der Waals surface area (Å²) in [4.78, 5) is 42.5. The predicted molar refractivity (Wildman–Crippen MR) is 103 cm³/mol. The molecule has 7 nitrogen and oxygen atoms in total. The Labute approximate surface area is 160 Å². The molecule has 0 saturated carbocycles. The van der Waals surface area contributed by atoms with Crippen LogP contribution in [0.5, 0.6) is 0 Å². The number of nitrogens with zero attached hydrogens (tertiary/aromatic N) is 3. The fourth-order valence-corrected chi connectivity index (χ4v) is 3.71. The number of nitrogens with one attached hydrogen (secondary N) is 1. The zero-order chi connectivity index (χ0) is 19.4. The number of benzene rings is 1. The van der Waals surface area contributed by atoms with Gasteiger partial charge in [0.25, 0.3) is 5.91 Å². The highest BCUT2D eigenvalue weighted by atomic mass is 16.2. The first-order valence-corrected chi connectivity index (χ1v) is 9.57. The van der Waals surface area contributed by atoms with Gasteiger partial charge in [-0.25, -0.2) is 9.69 Å².